The lowest BCUT2D eigenvalue weighted by Gasteiger charge is -2.28. The van der Waals surface area contributed by atoms with E-state index >= 15 is 0 Å². The first-order valence-electron chi connectivity index (χ1n) is 5.89. The van der Waals surface area contributed by atoms with Crippen LogP contribution in [0.2, 0.25) is 0 Å². The molecule has 0 bridgehead atoms. The lowest BCUT2D eigenvalue weighted by Crippen LogP contribution is -2.41. The standard InChI is InChI=1S/C12H19N3O/c1-8-7-12(15-9(2)14-8)16-11-6-4-3-5-10(11)13/h7,10-11H,3-6,13H2,1-2H3/t10-,11-/m1/s1. The number of aryl methyl sites for hydroxylation is 2. The molecule has 1 aliphatic carbocycles. The highest BCUT2D eigenvalue weighted by molar-refractivity contribution is 5.15. The number of aromatic nitrogens is 2. The first-order chi connectivity index (χ1) is 7.65. The third-order valence-corrected chi connectivity index (χ3v) is 2.97. The number of ether oxygens (including phenoxy) is 1. The largest absolute Gasteiger partial charge is 0.473 e. The first-order valence-corrected chi connectivity index (χ1v) is 5.89. The Balaban J connectivity index is 2.07. The van der Waals surface area contributed by atoms with Crippen molar-refractivity contribution >= 4 is 0 Å². The van der Waals surface area contributed by atoms with Crippen LogP contribution in [-0.4, -0.2) is 22.1 Å². The molecule has 4 heteroatoms. The summed E-state index contributed by atoms with van der Waals surface area (Å²) < 4.78 is 5.85. The van der Waals surface area contributed by atoms with E-state index in [1.807, 2.05) is 19.9 Å². The van der Waals surface area contributed by atoms with Gasteiger partial charge in [0, 0.05) is 17.8 Å². The van der Waals surface area contributed by atoms with Gasteiger partial charge in [0.25, 0.3) is 0 Å². The zero-order valence-corrected chi connectivity index (χ0v) is 9.94. The second-order valence-electron chi connectivity index (χ2n) is 4.50. The maximum atomic E-state index is 6.03. The van der Waals surface area contributed by atoms with E-state index in [0.717, 1.165) is 24.4 Å². The smallest absolute Gasteiger partial charge is 0.217 e. The van der Waals surface area contributed by atoms with Crippen molar-refractivity contribution in [1.29, 1.82) is 0 Å². The summed E-state index contributed by atoms with van der Waals surface area (Å²) in [5, 5.41) is 0. The molecule has 0 spiro atoms. The molecule has 0 saturated heterocycles. The van der Waals surface area contributed by atoms with Gasteiger partial charge >= 0.3 is 0 Å². The lowest BCUT2D eigenvalue weighted by atomic mass is 9.93. The summed E-state index contributed by atoms with van der Waals surface area (Å²) in [5.41, 5.74) is 6.97. The molecule has 0 aliphatic heterocycles. The molecule has 1 fully saturated rings. The van der Waals surface area contributed by atoms with E-state index in [1.54, 1.807) is 0 Å². The highest BCUT2D eigenvalue weighted by atomic mass is 16.5. The Labute approximate surface area is 96.2 Å². The minimum atomic E-state index is 0.113. The molecule has 2 N–H and O–H groups in total. The predicted octanol–water partition coefficient (Wildman–Crippen LogP) is 1.74. The number of nitrogens with zero attached hydrogens (tertiary/aromatic N) is 2. The van der Waals surface area contributed by atoms with Crippen LogP contribution in [-0.2, 0) is 0 Å². The van der Waals surface area contributed by atoms with Crippen molar-refractivity contribution in [2.45, 2.75) is 51.7 Å². The van der Waals surface area contributed by atoms with Crippen LogP contribution in [0.3, 0.4) is 0 Å². The fraction of sp³-hybridized carbons (Fsp3) is 0.667. The van der Waals surface area contributed by atoms with Crippen molar-refractivity contribution in [2.75, 3.05) is 0 Å². The topological polar surface area (TPSA) is 61.0 Å². The summed E-state index contributed by atoms with van der Waals surface area (Å²) in [6.45, 7) is 3.82. The van der Waals surface area contributed by atoms with Crippen LogP contribution in [0.15, 0.2) is 6.07 Å². The average Bonchev–Trinajstić information content (AvgIpc) is 2.20. The summed E-state index contributed by atoms with van der Waals surface area (Å²) in [7, 11) is 0. The van der Waals surface area contributed by atoms with E-state index < -0.39 is 0 Å². The maximum Gasteiger partial charge on any atom is 0.217 e. The number of nitrogens with two attached hydrogens (primary N) is 1. The van der Waals surface area contributed by atoms with Gasteiger partial charge in [-0.15, -0.1) is 0 Å². The van der Waals surface area contributed by atoms with Gasteiger partial charge in [-0.2, -0.15) is 4.98 Å². The van der Waals surface area contributed by atoms with Gasteiger partial charge < -0.3 is 10.5 Å². The summed E-state index contributed by atoms with van der Waals surface area (Å²) in [4.78, 5) is 8.50. The van der Waals surface area contributed by atoms with Crippen LogP contribution in [0.4, 0.5) is 0 Å². The normalized spacial score (nSPS) is 25.4. The molecule has 4 nitrogen and oxygen atoms in total. The van der Waals surface area contributed by atoms with E-state index in [1.165, 1.54) is 12.8 Å². The van der Waals surface area contributed by atoms with Gasteiger partial charge in [-0.05, 0) is 33.1 Å². The van der Waals surface area contributed by atoms with Crippen molar-refractivity contribution < 1.29 is 4.74 Å². The third kappa shape index (κ3) is 2.70. The minimum absolute atomic E-state index is 0.113. The van der Waals surface area contributed by atoms with E-state index in [9.17, 15) is 0 Å². The second kappa shape index (κ2) is 4.78. The Hall–Kier alpha value is -1.16. The van der Waals surface area contributed by atoms with Gasteiger partial charge in [0.05, 0.1) is 0 Å². The molecule has 1 aromatic rings. The SMILES string of the molecule is Cc1cc(O[C@@H]2CCCC[C@H]2N)nc(C)n1. The zero-order chi connectivity index (χ0) is 11.5. The fourth-order valence-corrected chi connectivity index (χ4v) is 2.17. The van der Waals surface area contributed by atoms with Gasteiger partial charge in [-0.25, -0.2) is 4.98 Å². The number of hydrogen-bond acceptors (Lipinski definition) is 4. The monoisotopic (exact) mass is 221 g/mol. The summed E-state index contributed by atoms with van der Waals surface area (Å²) >= 11 is 0. The Morgan fingerprint density at radius 1 is 1.25 bits per heavy atom. The number of rotatable bonds is 2. The van der Waals surface area contributed by atoms with Crippen LogP contribution < -0.4 is 10.5 Å². The fourth-order valence-electron chi connectivity index (χ4n) is 2.17. The van der Waals surface area contributed by atoms with Gasteiger partial charge in [-0.3, -0.25) is 0 Å². The molecule has 1 heterocycles. The molecular weight excluding hydrogens is 202 g/mol. The van der Waals surface area contributed by atoms with Crippen LogP contribution in [0.5, 0.6) is 5.88 Å². The van der Waals surface area contributed by atoms with E-state index in [2.05, 4.69) is 9.97 Å². The van der Waals surface area contributed by atoms with Crippen molar-refractivity contribution in [2.24, 2.45) is 5.73 Å². The Morgan fingerprint density at radius 2 is 2.00 bits per heavy atom. The molecule has 2 atom stereocenters. The molecule has 2 rings (SSSR count). The number of hydrogen-bond donors (Lipinski definition) is 1. The molecule has 0 amide bonds. The van der Waals surface area contributed by atoms with Gasteiger partial charge in [0.15, 0.2) is 0 Å². The highest BCUT2D eigenvalue weighted by Gasteiger charge is 2.23. The van der Waals surface area contributed by atoms with E-state index in [0.29, 0.717) is 5.88 Å². The molecule has 88 valence electrons. The lowest BCUT2D eigenvalue weighted by molar-refractivity contribution is 0.126. The molecule has 1 saturated carbocycles. The van der Waals surface area contributed by atoms with E-state index in [-0.39, 0.29) is 12.1 Å². The van der Waals surface area contributed by atoms with Crippen molar-refractivity contribution in [3.8, 4) is 5.88 Å². The summed E-state index contributed by atoms with van der Waals surface area (Å²) in [6.07, 6.45) is 4.60. The van der Waals surface area contributed by atoms with Crippen LogP contribution in [0.25, 0.3) is 0 Å². The van der Waals surface area contributed by atoms with Gasteiger partial charge in [0.2, 0.25) is 5.88 Å². The van der Waals surface area contributed by atoms with Crippen molar-refractivity contribution in [3.05, 3.63) is 17.6 Å². The highest BCUT2D eigenvalue weighted by Crippen LogP contribution is 2.21. The molecule has 0 aromatic carbocycles. The Bertz CT molecular complexity index is 347. The molecule has 1 aliphatic rings. The van der Waals surface area contributed by atoms with Crippen molar-refractivity contribution in [1.82, 2.24) is 9.97 Å². The molecular formula is C12H19N3O. The predicted molar refractivity (Wildman–Crippen MR) is 62.4 cm³/mol. The van der Waals surface area contributed by atoms with E-state index in [4.69, 9.17) is 10.5 Å². The third-order valence-electron chi connectivity index (χ3n) is 2.97. The van der Waals surface area contributed by atoms with Crippen LogP contribution in [0, 0.1) is 13.8 Å². The average molecular weight is 221 g/mol. The first kappa shape index (κ1) is 11.3. The minimum Gasteiger partial charge on any atom is -0.473 e. The quantitative estimate of drug-likeness (QED) is 0.826. The van der Waals surface area contributed by atoms with Crippen LogP contribution >= 0.6 is 0 Å². The molecule has 16 heavy (non-hydrogen) atoms. The summed E-state index contributed by atoms with van der Waals surface area (Å²) in [6, 6.07) is 2.01. The zero-order valence-electron chi connectivity index (χ0n) is 9.94. The van der Waals surface area contributed by atoms with Gasteiger partial charge in [0.1, 0.15) is 11.9 Å². The van der Waals surface area contributed by atoms with Crippen LogP contribution in [0.1, 0.15) is 37.2 Å². The Morgan fingerprint density at radius 3 is 2.69 bits per heavy atom. The Kier molecular flexibility index (Phi) is 3.39. The molecule has 0 radical (unpaired) electrons. The summed E-state index contributed by atoms with van der Waals surface area (Å²) in [5.74, 6) is 1.41. The van der Waals surface area contributed by atoms with Gasteiger partial charge in [-0.1, -0.05) is 6.42 Å². The van der Waals surface area contributed by atoms with Crippen molar-refractivity contribution in [3.63, 3.8) is 0 Å². The molecule has 1 aromatic heterocycles. The maximum absolute atomic E-state index is 6.03. The second-order valence-corrected chi connectivity index (χ2v) is 4.50. The molecule has 0 unspecified atom stereocenters.